The quantitative estimate of drug-likeness (QED) is 0.378. The number of aromatic nitrogens is 6. The minimum atomic E-state index is -1.12. The minimum Gasteiger partial charge on any atom is -0.476 e. The SMILES string of the molecule is CCCCc1nc(N(C)C(C)=O)c(C(=O)O)n1Cc1ccc(-c2ccccc2-c2nn[nH]n2)cc1. The number of hydrogen-bond acceptors (Lipinski definition) is 6. The number of anilines is 1. The second kappa shape index (κ2) is 10.3. The van der Waals surface area contributed by atoms with Crippen LogP contribution in [0.5, 0.6) is 0 Å². The lowest BCUT2D eigenvalue weighted by Crippen LogP contribution is -2.26. The summed E-state index contributed by atoms with van der Waals surface area (Å²) in [4.78, 5) is 30.0. The van der Waals surface area contributed by atoms with Gasteiger partial charge in [-0.05, 0) is 28.3 Å². The van der Waals surface area contributed by atoms with Gasteiger partial charge in [-0.1, -0.05) is 61.9 Å². The Morgan fingerprint density at radius 1 is 1.09 bits per heavy atom. The smallest absolute Gasteiger partial charge is 0.356 e. The van der Waals surface area contributed by atoms with Gasteiger partial charge < -0.3 is 9.67 Å². The van der Waals surface area contributed by atoms with E-state index in [9.17, 15) is 14.7 Å². The number of carbonyl (C=O) groups excluding carboxylic acids is 1. The standard InChI is InChI=1S/C25H27N7O3/c1-4-5-10-21-26-24(31(3)16(2)33)22(25(34)35)32(21)15-17-11-13-18(14-12-17)19-8-6-7-9-20(19)23-27-29-30-28-23/h6-9,11-14H,4-5,10,15H2,1-3H3,(H,34,35)(H,27,28,29,30). The first kappa shape index (κ1) is 23.8. The van der Waals surface area contributed by atoms with Gasteiger partial charge >= 0.3 is 5.97 Å². The lowest BCUT2D eigenvalue weighted by atomic mass is 9.98. The van der Waals surface area contributed by atoms with Crippen molar-refractivity contribution in [2.45, 2.75) is 39.7 Å². The van der Waals surface area contributed by atoms with Gasteiger partial charge in [0.1, 0.15) is 5.82 Å². The number of aromatic amines is 1. The van der Waals surface area contributed by atoms with Crippen LogP contribution in [0, 0.1) is 0 Å². The molecule has 180 valence electrons. The van der Waals surface area contributed by atoms with E-state index in [0.717, 1.165) is 35.1 Å². The molecule has 35 heavy (non-hydrogen) atoms. The number of H-pyrrole nitrogens is 1. The zero-order valence-corrected chi connectivity index (χ0v) is 19.9. The van der Waals surface area contributed by atoms with Gasteiger partial charge in [0.25, 0.3) is 0 Å². The zero-order valence-electron chi connectivity index (χ0n) is 19.9. The minimum absolute atomic E-state index is 0.0142. The summed E-state index contributed by atoms with van der Waals surface area (Å²) in [7, 11) is 1.54. The monoisotopic (exact) mass is 473 g/mol. The van der Waals surface area contributed by atoms with E-state index in [0.29, 0.717) is 24.6 Å². The topological polar surface area (TPSA) is 130 Å². The average Bonchev–Trinajstić information content (AvgIpc) is 3.51. The van der Waals surface area contributed by atoms with Crippen molar-refractivity contribution in [3.8, 4) is 22.5 Å². The number of carboxylic acids is 1. The fourth-order valence-electron chi connectivity index (χ4n) is 3.95. The summed E-state index contributed by atoms with van der Waals surface area (Å²) in [6, 6.07) is 15.7. The lowest BCUT2D eigenvalue weighted by molar-refractivity contribution is -0.116. The Labute approximate surface area is 202 Å². The third kappa shape index (κ3) is 4.96. The molecule has 0 radical (unpaired) electrons. The van der Waals surface area contributed by atoms with E-state index in [1.54, 1.807) is 11.6 Å². The third-order valence-electron chi connectivity index (χ3n) is 5.89. The van der Waals surface area contributed by atoms with Gasteiger partial charge in [-0.25, -0.2) is 9.78 Å². The van der Waals surface area contributed by atoms with Gasteiger partial charge in [0.2, 0.25) is 11.7 Å². The number of tetrazole rings is 1. The molecule has 2 N–H and O–H groups in total. The highest BCUT2D eigenvalue weighted by atomic mass is 16.4. The van der Waals surface area contributed by atoms with Crippen LogP contribution < -0.4 is 4.90 Å². The number of nitrogens with zero attached hydrogens (tertiary/aromatic N) is 6. The molecular weight excluding hydrogens is 446 g/mol. The number of rotatable bonds is 9. The number of imidazole rings is 1. The highest BCUT2D eigenvalue weighted by Crippen LogP contribution is 2.30. The predicted octanol–water partition coefficient (Wildman–Crippen LogP) is 3.80. The fraction of sp³-hybridized carbons (Fsp3) is 0.280. The van der Waals surface area contributed by atoms with Crippen LogP contribution in [-0.4, -0.2) is 54.2 Å². The van der Waals surface area contributed by atoms with E-state index in [1.807, 2.05) is 48.5 Å². The van der Waals surface area contributed by atoms with Gasteiger partial charge in [0.05, 0.1) is 0 Å². The van der Waals surface area contributed by atoms with E-state index in [-0.39, 0.29) is 17.4 Å². The van der Waals surface area contributed by atoms with E-state index in [2.05, 4.69) is 32.5 Å². The second-order valence-electron chi connectivity index (χ2n) is 8.25. The molecule has 1 amide bonds. The van der Waals surface area contributed by atoms with Crippen LogP contribution in [0.4, 0.5) is 5.82 Å². The van der Waals surface area contributed by atoms with Gasteiger partial charge in [-0.2, -0.15) is 5.21 Å². The molecule has 0 unspecified atom stereocenters. The molecule has 10 heteroatoms. The van der Waals surface area contributed by atoms with Crippen LogP contribution >= 0.6 is 0 Å². The van der Waals surface area contributed by atoms with E-state index < -0.39 is 5.97 Å². The van der Waals surface area contributed by atoms with E-state index >= 15 is 0 Å². The van der Waals surface area contributed by atoms with Crippen molar-refractivity contribution in [1.29, 1.82) is 0 Å². The summed E-state index contributed by atoms with van der Waals surface area (Å²) in [6.07, 6.45) is 2.44. The Balaban J connectivity index is 1.70. The van der Waals surface area contributed by atoms with Gasteiger partial charge in [0, 0.05) is 32.5 Å². The number of aryl methyl sites for hydroxylation is 1. The third-order valence-corrected chi connectivity index (χ3v) is 5.89. The Morgan fingerprint density at radius 3 is 2.40 bits per heavy atom. The number of unbranched alkanes of at least 4 members (excludes halogenated alkanes) is 1. The molecule has 0 aliphatic rings. The summed E-state index contributed by atoms with van der Waals surface area (Å²) >= 11 is 0. The van der Waals surface area contributed by atoms with E-state index in [1.165, 1.54) is 11.8 Å². The molecule has 0 aliphatic heterocycles. The first-order valence-electron chi connectivity index (χ1n) is 11.4. The molecule has 0 spiro atoms. The Bertz CT molecular complexity index is 1330. The molecule has 0 aliphatic carbocycles. The number of carbonyl (C=O) groups is 2. The zero-order chi connectivity index (χ0) is 24.9. The maximum atomic E-state index is 12.2. The van der Waals surface area contributed by atoms with Crippen LogP contribution in [0.25, 0.3) is 22.5 Å². The average molecular weight is 474 g/mol. The maximum Gasteiger partial charge on any atom is 0.356 e. The first-order chi connectivity index (χ1) is 16.9. The first-order valence-corrected chi connectivity index (χ1v) is 11.4. The lowest BCUT2D eigenvalue weighted by Gasteiger charge is -2.14. The van der Waals surface area contributed by atoms with Crippen molar-refractivity contribution < 1.29 is 14.7 Å². The predicted molar refractivity (Wildman–Crippen MR) is 131 cm³/mol. The van der Waals surface area contributed by atoms with Crippen molar-refractivity contribution in [2.24, 2.45) is 0 Å². The van der Waals surface area contributed by atoms with Crippen LogP contribution in [0.2, 0.25) is 0 Å². The molecule has 4 rings (SSSR count). The molecular formula is C25H27N7O3. The maximum absolute atomic E-state index is 12.2. The molecule has 2 heterocycles. The summed E-state index contributed by atoms with van der Waals surface area (Å²) in [5.74, 6) is -0.0599. The largest absolute Gasteiger partial charge is 0.476 e. The summed E-state index contributed by atoms with van der Waals surface area (Å²) < 4.78 is 1.70. The molecule has 0 fully saturated rings. The summed E-state index contributed by atoms with van der Waals surface area (Å²) in [5.41, 5.74) is 3.72. The molecule has 2 aromatic carbocycles. The molecule has 2 aromatic heterocycles. The van der Waals surface area contributed by atoms with Gasteiger partial charge in [-0.3, -0.25) is 9.69 Å². The Kier molecular flexibility index (Phi) is 7.00. The van der Waals surface area contributed by atoms with Crippen molar-refractivity contribution in [2.75, 3.05) is 11.9 Å². The number of hydrogen-bond donors (Lipinski definition) is 2. The van der Waals surface area contributed by atoms with E-state index in [4.69, 9.17) is 0 Å². The Morgan fingerprint density at radius 2 is 1.80 bits per heavy atom. The molecule has 0 bridgehead atoms. The highest BCUT2D eigenvalue weighted by Gasteiger charge is 2.26. The number of carboxylic acid groups (broad SMARTS) is 1. The Hall–Kier alpha value is -4.34. The number of amides is 1. The van der Waals surface area contributed by atoms with Crippen molar-refractivity contribution >= 4 is 17.7 Å². The number of benzene rings is 2. The second-order valence-corrected chi connectivity index (χ2v) is 8.25. The number of aromatic carboxylic acids is 1. The molecule has 0 saturated heterocycles. The van der Waals surface area contributed by atoms with Crippen molar-refractivity contribution in [3.05, 3.63) is 65.6 Å². The summed E-state index contributed by atoms with van der Waals surface area (Å²) in [6.45, 7) is 3.78. The van der Waals surface area contributed by atoms with Gasteiger partial charge in [0.15, 0.2) is 11.5 Å². The van der Waals surface area contributed by atoms with Crippen LogP contribution in [0.15, 0.2) is 48.5 Å². The molecule has 0 atom stereocenters. The van der Waals surface area contributed by atoms with Crippen LogP contribution in [0.3, 0.4) is 0 Å². The highest BCUT2D eigenvalue weighted by molar-refractivity contribution is 5.98. The molecule has 0 saturated carbocycles. The van der Waals surface area contributed by atoms with Crippen molar-refractivity contribution in [3.63, 3.8) is 0 Å². The van der Waals surface area contributed by atoms with Crippen LogP contribution in [0.1, 0.15) is 48.6 Å². The van der Waals surface area contributed by atoms with Gasteiger partial charge in [-0.15, -0.1) is 10.2 Å². The normalized spacial score (nSPS) is 10.9. The molecule has 10 nitrogen and oxygen atoms in total. The van der Waals surface area contributed by atoms with Crippen molar-refractivity contribution in [1.82, 2.24) is 30.2 Å². The molecule has 4 aromatic rings. The fourth-order valence-corrected chi connectivity index (χ4v) is 3.95. The number of nitrogens with one attached hydrogen (secondary N) is 1. The van der Waals surface area contributed by atoms with Crippen LogP contribution in [-0.2, 0) is 17.8 Å². The summed E-state index contributed by atoms with van der Waals surface area (Å²) in [5, 5.41) is 24.3.